The Bertz CT molecular complexity index is 672. The molecule has 0 atom stereocenters. The highest BCUT2D eigenvalue weighted by Gasteiger charge is 2.15. The van der Waals surface area contributed by atoms with Crippen molar-refractivity contribution in [3.05, 3.63) is 45.2 Å². The van der Waals surface area contributed by atoms with Crippen molar-refractivity contribution in [3.8, 4) is 0 Å². The molecule has 2 aromatic rings. The first-order valence-electron chi connectivity index (χ1n) is 7.66. The van der Waals surface area contributed by atoms with E-state index < -0.39 is 5.82 Å². The Balaban J connectivity index is 1.65. The van der Waals surface area contributed by atoms with E-state index in [1.54, 1.807) is 23.5 Å². The molecule has 3 rings (SSSR count). The molecule has 1 aliphatic carbocycles. The van der Waals surface area contributed by atoms with Crippen molar-refractivity contribution in [3.63, 3.8) is 0 Å². The summed E-state index contributed by atoms with van der Waals surface area (Å²) in [4.78, 5) is 17.7. The molecule has 22 heavy (non-hydrogen) atoms. The number of aromatic nitrogens is 1. The number of carbonyl (C=O) groups is 1. The van der Waals surface area contributed by atoms with Gasteiger partial charge in [0.25, 0.3) is 0 Å². The third-order valence-electron chi connectivity index (χ3n) is 3.91. The molecule has 1 aromatic heterocycles. The summed E-state index contributed by atoms with van der Waals surface area (Å²) in [6.45, 7) is 2.04. The van der Waals surface area contributed by atoms with Gasteiger partial charge in [0.05, 0.1) is 16.3 Å². The van der Waals surface area contributed by atoms with Crippen LogP contribution in [0.1, 0.15) is 45.7 Å². The highest BCUT2D eigenvalue weighted by atomic mass is 32.1. The predicted octanol–water partition coefficient (Wildman–Crippen LogP) is 4.02. The third-order valence-corrected chi connectivity index (χ3v) is 5.13. The Morgan fingerprint density at radius 3 is 2.95 bits per heavy atom. The second-order valence-corrected chi connectivity index (χ2v) is 6.75. The van der Waals surface area contributed by atoms with E-state index in [-0.39, 0.29) is 11.3 Å². The van der Waals surface area contributed by atoms with Crippen molar-refractivity contribution in [2.45, 2.75) is 39.0 Å². The minimum Gasteiger partial charge on any atom is -0.384 e. The van der Waals surface area contributed by atoms with Crippen LogP contribution in [0.2, 0.25) is 0 Å². The monoisotopic (exact) mass is 318 g/mol. The van der Waals surface area contributed by atoms with Crippen molar-refractivity contribution in [2.24, 2.45) is 0 Å². The van der Waals surface area contributed by atoms with Crippen LogP contribution in [0.5, 0.6) is 0 Å². The largest absolute Gasteiger partial charge is 0.384 e. The normalized spacial score (nSPS) is 13.7. The highest BCUT2D eigenvalue weighted by Crippen LogP contribution is 2.27. The number of nitrogens with one attached hydrogen (secondary N) is 1. The van der Waals surface area contributed by atoms with Crippen molar-refractivity contribution in [2.75, 3.05) is 11.9 Å². The first kappa shape index (κ1) is 15.2. The van der Waals surface area contributed by atoms with E-state index >= 15 is 0 Å². The van der Waals surface area contributed by atoms with E-state index in [2.05, 4.69) is 5.32 Å². The lowest BCUT2D eigenvalue weighted by molar-refractivity contribution is 0.101. The molecule has 0 unspecified atom stereocenters. The minimum absolute atomic E-state index is 0.140. The molecule has 116 valence electrons. The van der Waals surface area contributed by atoms with Gasteiger partial charge in [0.2, 0.25) is 0 Å². The second kappa shape index (κ2) is 6.57. The Hall–Kier alpha value is -1.75. The van der Waals surface area contributed by atoms with Crippen LogP contribution in [0.3, 0.4) is 0 Å². The molecule has 0 spiro atoms. The van der Waals surface area contributed by atoms with Crippen LogP contribution in [0.25, 0.3) is 0 Å². The number of anilines is 1. The van der Waals surface area contributed by atoms with Crippen LogP contribution in [-0.4, -0.2) is 17.3 Å². The summed E-state index contributed by atoms with van der Waals surface area (Å²) in [7, 11) is 0. The molecule has 0 saturated heterocycles. The lowest BCUT2D eigenvalue weighted by Crippen LogP contribution is -2.10. The van der Waals surface area contributed by atoms with Crippen molar-refractivity contribution in [1.82, 2.24) is 4.98 Å². The van der Waals surface area contributed by atoms with Crippen LogP contribution in [0.4, 0.5) is 10.1 Å². The zero-order valence-corrected chi connectivity index (χ0v) is 13.4. The van der Waals surface area contributed by atoms with Gasteiger partial charge in [-0.15, -0.1) is 11.3 Å². The summed E-state index contributed by atoms with van der Waals surface area (Å²) in [5, 5.41) is 4.30. The van der Waals surface area contributed by atoms with Crippen molar-refractivity contribution < 1.29 is 9.18 Å². The van der Waals surface area contributed by atoms with Gasteiger partial charge < -0.3 is 5.32 Å². The van der Waals surface area contributed by atoms with Crippen molar-refractivity contribution in [1.29, 1.82) is 0 Å². The van der Waals surface area contributed by atoms with Gasteiger partial charge in [-0.3, -0.25) is 4.79 Å². The van der Waals surface area contributed by atoms with Gasteiger partial charge in [0.1, 0.15) is 5.82 Å². The summed E-state index contributed by atoms with van der Waals surface area (Å²) in [6, 6.07) is 4.68. The molecule has 1 aromatic carbocycles. The number of rotatable bonds is 5. The van der Waals surface area contributed by atoms with Crippen LogP contribution in [0.15, 0.2) is 18.2 Å². The highest BCUT2D eigenvalue weighted by molar-refractivity contribution is 7.11. The van der Waals surface area contributed by atoms with E-state index in [1.165, 1.54) is 36.4 Å². The summed E-state index contributed by atoms with van der Waals surface area (Å²) in [6.07, 6.45) is 5.54. The molecule has 0 fully saturated rings. The maximum absolute atomic E-state index is 13.7. The van der Waals surface area contributed by atoms with Crippen LogP contribution in [0, 0.1) is 5.82 Å². The van der Waals surface area contributed by atoms with Gasteiger partial charge in [-0.1, -0.05) is 6.07 Å². The lowest BCUT2D eigenvalue weighted by atomic mass is 10.0. The van der Waals surface area contributed by atoms with Gasteiger partial charge in [-0.05, 0) is 44.7 Å². The number of benzene rings is 1. The molecule has 0 saturated carbocycles. The quantitative estimate of drug-likeness (QED) is 0.847. The molecule has 0 bridgehead atoms. The smallest absolute Gasteiger partial charge is 0.164 e. The zero-order chi connectivity index (χ0) is 15.5. The number of Topliss-reactive ketones (excluding diaryl/α,β-unsaturated/α-hetero) is 1. The predicted molar refractivity (Wildman–Crippen MR) is 87.4 cm³/mol. The fraction of sp³-hybridized carbons (Fsp3) is 0.412. The number of hydrogen-bond donors (Lipinski definition) is 1. The van der Waals surface area contributed by atoms with E-state index in [0.29, 0.717) is 12.2 Å². The molecule has 1 heterocycles. The summed E-state index contributed by atoms with van der Waals surface area (Å²) in [5.74, 6) is -0.729. The van der Waals surface area contributed by atoms with Gasteiger partial charge in [0.15, 0.2) is 5.78 Å². The number of halogens is 1. The molecular formula is C17H19FN2OS. The molecule has 5 heteroatoms. The van der Waals surface area contributed by atoms with Gasteiger partial charge in [0, 0.05) is 23.5 Å². The summed E-state index contributed by atoms with van der Waals surface area (Å²) < 4.78 is 13.7. The summed E-state index contributed by atoms with van der Waals surface area (Å²) >= 11 is 1.79. The van der Waals surface area contributed by atoms with Crippen LogP contribution < -0.4 is 5.32 Å². The Morgan fingerprint density at radius 1 is 1.36 bits per heavy atom. The van der Waals surface area contributed by atoms with E-state index in [1.807, 2.05) is 0 Å². The number of hydrogen-bond acceptors (Lipinski definition) is 4. The van der Waals surface area contributed by atoms with E-state index in [0.717, 1.165) is 24.3 Å². The maximum Gasteiger partial charge on any atom is 0.164 e. The molecular weight excluding hydrogens is 299 g/mol. The SMILES string of the molecule is CC(=O)c1c(F)cccc1NCCc1nc2c(s1)CCCC2. The van der Waals surface area contributed by atoms with Gasteiger partial charge >= 0.3 is 0 Å². The number of nitrogens with zero attached hydrogens (tertiary/aromatic N) is 1. The fourth-order valence-corrected chi connectivity index (χ4v) is 4.00. The number of thiazole rings is 1. The topological polar surface area (TPSA) is 42.0 Å². The molecule has 3 nitrogen and oxygen atoms in total. The number of aryl methyl sites for hydroxylation is 2. The van der Waals surface area contributed by atoms with Gasteiger partial charge in [-0.25, -0.2) is 9.37 Å². The Kier molecular flexibility index (Phi) is 4.52. The average Bonchev–Trinajstić information content (AvgIpc) is 2.89. The number of carbonyl (C=O) groups excluding carboxylic acids is 1. The number of fused-ring (bicyclic) bond motifs is 1. The maximum atomic E-state index is 13.7. The third kappa shape index (κ3) is 3.19. The molecule has 0 amide bonds. The Labute approximate surface area is 133 Å². The molecule has 0 aliphatic heterocycles. The Morgan fingerprint density at radius 2 is 2.18 bits per heavy atom. The molecule has 0 radical (unpaired) electrons. The van der Waals surface area contributed by atoms with Gasteiger partial charge in [-0.2, -0.15) is 0 Å². The standard InChI is InChI=1S/C17H19FN2OS/c1-11(21)17-12(18)5-4-7-14(17)19-10-9-16-20-13-6-2-3-8-15(13)22-16/h4-5,7,19H,2-3,6,8-10H2,1H3. The average molecular weight is 318 g/mol. The lowest BCUT2D eigenvalue weighted by Gasteiger charge is -2.10. The van der Waals surface area contributed by atoms with Crippen LogP contribution in [-0.2, 0) is 19.3 Å². The molecule has 1 N–H and O–H groups in total. The van der Waals surface area contributed by atoms with E-state index in [9.17, 15) is 9.18 Å². The van der Waals surface area contributed by atoms with Crippen LogP contribution >= 0.6 is 11.3 Å². The first-order chi connectivity index (χ1) is 10.6. The molecule has 1 aliphatic rings. The van der Waals surface area contributed by atoms with Crippen molar-refractivity contribution >= 4 is 22.8 Å². The second-order valence-electron chi connectivity index (χ2n) is 5.58. The minimum atomic E-state index is -0.470. The van der Waals surface area contributed by atoms with E-state index in [4.69, 9.17) is 4.98 Å². The number of ketones is 1. The fourth-order valence-electron chi connectivity index (χ4n) is 2.85. The summed E-state index contributed by atoms with van der Waals surface area (Å²) in [5.41, 5.74) is 1.97. The first-order valence-corrected chi connectivity index (χ1v) is 8.47. The zero-order valence-electron chi connectivity index (χ0n) is 12.6.